The van der Waals surface area contributed by atoms with Gasteiger partial charge in [-0.25, -0.2) is 0 Å². The van der Waals surface area contributed by atoms with Gasteiger partial charge in [0.15, 0.2) is 0 Å². The van der Waals surface area contributed by atoms with Crippen molar-refractivity contribution in [2.24, 2.45) is 0 Å². The number of hydrogen-bond acceptors (Lipinski definition) is 4. The third-order valence-electron chi connectivity index (χ3n) is 11.7. The zero-order valence-corrected chi connectivity index (χ0v) is 31.0. The molecule has 2 atom stereocenters. The highest BCUT2D eigenvalue weighted by Crippen LogP contribution is 2.44. The number of rotatable bonds is 9. The van der Waals surface area contributed by atoms with Gasteiger partial charge in [0.25, 0.3) is 11.1 Å². The van der Waals surface area contributed by atoms with Gasteiger partial charge in [-0.2, -0.15) is 0 Å². The summed E-state index contributed by atoms with van der Waals surface area (Å²) in [5.41, 5.74) is 7.67. The Hall–Kier alpha value is -5.06. The SMILES string of the molecule is O=C1CCC(Cn2c(C3CC3)cn3cc(-c4cccc(-c5cccc(-c6cc7c(=O)n(CC8CCC(=O)N8)c(C8CC8)cn7c6)c5Cl)c4Cl)cc3c2=O)N1. The van der Waals surface area contributed by atoms with Crippen LogP contribution < -0.4 is 21.8 Å². The Labute approximate surface area is 320 Å². The molecule has 0 spiro atoms. The number of carbonyl (C=O) groups excluding carboxylic acids is 2. The number of fused-ring (bicyclic) bond motifs is 2. The van der Waals surface area contributed by atoms with Gasteiger partial charge >= 0.3 is 0 Å². The quantitative estimate of drug-likeness (QED) is 0.163. The van der Waals surface area contributed by atoms with Crippen LogP contribution in [0.5, 0.6) is 0 Å². The second kappa shape index (κ2) is 12.8. The summed E-state index contributed by atoms with van der Waals surface area (Å²) in [5.74, 6) is 0.753. The third-order valence-corrected chi connectivity index (χ3v) is 12.5. The van der Waals surface area contributed by atoms with Crippen molar-refractivity contribution < 1.29 is 9.59 Å². The lowest BCUT2D eigenvalue weighted by atomic mass is 9.97. The van der Waals surface area contributed by atoms with Crippen LogP contribution in [0.15, 0.2) is 82.9 Å². The lowest BCUT2D eigenvalue weighted by Crippen LogP contribution is -2.35. The smallest absolute Gasteiger partial charge is 0.275 e. The summed E-state index contributed by atoms with van der Waals surface area (Å²) in [6, 6.07) is 15.4. The van der Waals surface area contributed by atoms with Crippen LogP contribution >= 0.6 is 23.2 Å². The fourth-order valence-corrected chi connectivity index (χ4v) is 9.20. The molecule has 6 heterocycles. The van der Waals surface area contributed by atoms with Gasteiger partial charge in [0, 0.05) is 119 Å². The van der Waals surface area contributed by atoms with Crippen molar-refractivity contribution in [3.8, 4) is 33.4 Å². The fourth-order valence-electron chi connectivity index (χ4n) is 8.53. The van der Waals surface area contributed by atoms with E-state index in [1.54, 1.807) is 0 Å². The van der Waals surface area contributed by atoms with E-state index >= 15 is 0 Å². The minimum atomic E-state index is -0.0731. The zero-order chi connectivity index (χ0) is 36.8. The van der Waals surface area contributed by atoms with Gasteiger partial charge in [0.05, 0.1) is 10.0 Å². The first-order valence-electron chi connectivity index (χ1n) is 18.9. The standard InChI is InChI=1S/C42H38Cl2N6O4/c43-39-29(25-15-33-41(53)49(19-27-11-13-37(51)45-27)35(23-7-8-23)21-47(33)17-25)3-1-5-31(39)32-6-2-4-30(40(32)44)26-16-34-42(54)50(20-28-12-14-38(52)46-28)36(24-9-10-24)22-48(34)18-26/h1-6,15-18,21-24,27-28H,7-14,19-20H2,(H,45,51)(H,46,52). The van der Waals surface area contributed by atoms with E-state index in [9.17, 15) is 19.2 Å². The highest BCUT2D eigenvalue weighted by molar-refractivity contribution is 6.39. The van der Waals surface area contributed by atoms with Crippen molar-refractivity contribution in [3.05, 3.63) is 115 Å². The van der Waals surface area contributed by atoms with Crippen molar-refractivity contribution in [3.63, 3.8) is 0 Å². The molecule has 2 N–H and O–H groups in total. The summed E-state index contributed by atoms with van der Waals surface area (Å²) in [7, 11) is 0. The number of nitrogens with zero attached hydrogens (tertiary/aromatic N) is 4. The summed E-state index contributed by atoms with van der Waals surface area (Å²) in [6.45, 7) is 0.932. The minimum absolute atomic E-state index is 0.0364. The number of nitrogens with one attached hydrogen (secondary N) is 2. The Kier molecular flexibility index (Phi) is 7.92. The van der Waals surface area contributed by atoms with Crippen LogP contribution in [0.1, 0.15) is 74.6 Å². The van der Waals surface area contributed by atoms with E-state index in [4.69, 9.17) is 23.2 Å². The summed E-state index contributed by atoms with van der Waals surface area (Å²) in [4.78, 5) is 51.8. The highest BCUT2D eigenvalue weighted by Gasteiger charge is 2.32. The average molecular weight is 762 g/mol. The van der Waals surface area contributed by atoms with Crippen LogP contribution in [0.3, 0.4) is 0 Å². The molecule has 274 valence electrons. The van der Waals surface area contributed by atoms with Crippen LogP contribution in [0, 0.1) is 0 Å². The number of carbonyl (C=O) groups is 2. The summed E-state index contributed by atoms with van der Waals surface area (Å²) < 4.78 is 7.54. The van der Waals surface area contributed by atoms with Crippen molar-refractivity contribution in [2.45, 2.75) is 88.4 Å². The molecule has 54 heavy (non-hydrogen) atoms. The molecule has 4 aromatic heterocycles. The molecular formula is C42H38Cl2N6O4. The van der Waals surface area contributed by atoms with E-state index in [0.717, 1.165) is 83.3 Å². The lowest BCUT2D eigenvalue weighted by Gasteiger charge is -2.17. The molecule has 2 saturated heterocycles. The Balaban J connectivity index is 1.01. The number of benzene rings is 2. The number of aromatic nitrogens is 4. The van der Waals surface area contributed by atoms with E-state index in [-0.39, 0.29) is 35.0 Å². The van der Waals surface area contributed by atoms with Crippen LogP contribution in [-0.4, -0.2) is 41.8 Å². The summed E-state index contributed by atoms with van der Waals surface area (Å²) in [5, 5.41) is 7.06. The Morgan fingerprint density at radius 2 is 0.963 bits per heavy atom. The van der Waals surface area contributed by atoms with Gasteiger partial charge in [-0.15, -0.1) is 0 Å². The molecule has 12 heteroatoms. The van der Waals surface area contributed by atoms with Gasteiger partial charge < -0.3 is 28.6 Å². The molecule has 0 radical (unpaired) electrons. The Morgan fingerprint density at radius 3 is 1.33 bits per heavy atom. The van der Waals surface area contributed by atoms with E-state index in [2.05, 4.69) is 23.0 Å². The van der Waals surface area contributed by atoms with E-state index < -0.39 is 0 Å². The van der Waals surface area contributed by atoms with E-state index in [1.807, 2.05) is 78.9 Å². The number of hydrogen-bond donors (Lipinski definition) is 2. The maximum Gasteiger partial charge on any atom is 0.275 e. The predicted octanol–water partition coefficient (Wildman–Crippen LogP) is 7.14. The van der Waals surface area contributed by atoms with Crippen LogP contribution in [0.2, 0.25) is 10.0 Å². The minimum Gasteiger partial charge on any atom is -0.352 e. The molecule has 4 aliphatic rings. The van der Waals surface area contributed by atoms with Gasteiger partial charge in [-0.3, -0.25) is 19.2 Å². The third kappa shape index (κ3) is 5.78. The molecule has 0 bridgehead atoms. The lowest BCUT2D eigenvalue weighted by molar-refractivity contribution is -0.120. The van der Waals surface area contributed by atoms with Crippen molar-refractivity contribution in [1.82, 2.24) is 28.6 Å². The molecule has 2 amide bonds. The normalized spacial score (nSPS) is 20.0. The molecule has 2 aliphatic heterocycles. The maximum absolute atomic E-state index is 14.0. The Morgan fingerprint density at radius 1 is 0.556 bits per heavy atom. The molecule has 4 fully saturated rings. The number of halogens is 2. The largest absolute Gasteiger partial charge is 0.352 e. The predicted molar refractivity (Wildman–Crippen MR) is 209 cm³/mol. The monoisotopic (exact) mass is 760 g/mol. The molecule has 2 aromatic carbocycles. The Bertz CT molecular complexity index is 2500. The first-order valence-corrected chi connectivity index (χ1v) is 19.6. The molecular weight excluding hydrogens is 723 g/mol. The van der Waals surface area contributed by atoms with Gasteiger partial charge in [-0.1, -0.05) is 59.6 Å². The van der Waals surface area contributed by atoms with E-state index in [1.165, 1.54) is 0 Å². The van der Waals surface area contributed by atoms with E-state index in [0.29, 0.717) is 58.8 Å². The summed E-state index contributed by atoms with van der Waals surface area (Å²) >= 11 is 14.5. The first kappa shape index (κ1) is 33.5. The maximum atomic E-state index is 14.0. The van der Waals surface area contributed by atoms with Crippen LogP contribution in [-0.2, 0) is 22.7 Å². The van der Waals surface area contributed by atoms with Gasteiger partial charge in [0.1, 0.15) is 11.0 Å². The second-order valence-electron chi connectivity index (χ2n) is 15.5. The van der Waals surface area contributed by atoms with Crippen molar-refractivity contribution in [1.29, 1.82) is 0 Å². The second-order valence-corrected chi connectivity index (χ2v) is 16.2. The summed E-state index contributed by atoms with van der Waals surface area (Å²) in [6.07, 6.45) is 14.7. The first-order chi connectivity index (χ1) is 26.2. The van der Waals surface area contributed by atoms with Gasteiger partial charge in [-0.05, 0) is 50.7 Å². The molecule has 10 rings (SSSR count). The van der Waals surface area contributed by atoms with Crippen LogP contribution in [0.25, 0.3) is 44.4 Å². The average Bonchev–Trinajstić information content (AvgIpc) is 4.01. The fraction of sp³-hybridized carbons (Fsp3) is 0.333. The molecule has 6 aromatic rings. The zero-order valence-electron chi connectivity index (χ0n) is 29.5. The topological polar surface area (TPSA) is 111 Å². The number of amides is 2. The van der Waals surface area contributed by atoms with Gasteiger partial charge in [0.2, 0.25) is 11.8 Å². The van der Waals surface area contributed by atoms with Crippen molar-refractivity contribution in [2.75, 3.05) is 0 Å². The molecule has 2 unspecified atom stereocenters. The molecule has 10 nitrogen and oxygen atoms in total. The molecule has 2 aliphatic carbocycles. The highest BCUT2D eigenvalue weighted by atomic mass is 35.5. The molecule has 2 saturated carbocycles. The van der Waals surface area contributed by atoms with Crippen molar-refractivity contribution >= 4 is 46.0 Å². The van der Waals surface area contributed by atoms with Crippen LogP contribution in [0.4, 0.5) is 0 Å².